The van der Waals surface area contributed by atoms with Crippen LogP contribution in [0.25, 0.3) is 5.82 Å². The van der Waals surface area contributed by atoms with Gasteiger partial charge in [0.15, 0.2) is 17.3 Å². The lowest BCUT2D eigenvalue weighted by Crippen LogP contribution is -2.15. The first-order valence-electron chi connectivity index (χ1n) is 7.67. The highest BCUT2D eigenvalue weighted by Crippen LogP contribution is 2.27. The van der Waals surface area contributed by atoms with Gasteiger partial charge in [-0.2, -0.15) is 5.10 Å². The zero-order valence-electron chi connectivity index (χ0n) is 13.8. The van der Waals surface area contributed by atoms with Crippen LogP contribution in [-0.2, 0) is 13.1 Å². The highest BCUT2D eigenvalue weighted by molar-refractivity contribution is 5.43. The van der Waals surface area contributed by atoms with E-state index >= 15 is 0 Å². The second kappa shape index (κ2) is 7.61. The summed E-state index contributed by atoms with van der Waals surface area (Å²) in [4.78, 5) is 4.42. The predicted octanol–water partition coefficient (Wildman–Crippen LogP) is 2.57. The molecule has 1 aromatic carbocycles. The zero-order chi connectivity index (χ0) is 16.8. The van der Waals surface area contributed by atoms with E-state index in [-0.39, 0.29) is 0 Å². The summed E-state index contributed by atoms with van der Waals surface area (Å²) in [6.45, 7) is 1.41. The van der Waals surface area contributed by atoms with Crippen LogP contribution in [0.4, 0.5) is 0 Å². The normalized spacial score (nSPS) is 10.6. The number of benzene rings is 1. The number of hydrogen-bond donors (Lipinski definition) is 1. The van der Waals surface area contributed by atoms with Crippen molar-refractivity contribution in [2.75, 3.05) is 14.2 Å². The Balaban J connectivity index is 1.67. The molecule has 0 fully saturated rings. The molecule has 3 aromatic rings. The van der Waals surface area contributed by atoms with Gasteiger partial charge in [0.25, 0.3) is 0 Å². The second-order valence-corrected chi connectivity index (χ2v) is 5.23. The molecule has 24 heavy (non-hydrogen) atoms. The van der Waals surface area contributed by atoms with Crippen molar-refractivity contribution in [1.29, 1.82) is 0 Å². The van der Waals surface area contributed by atoms with Gasteiger partial charge in [-0.1, -0.05) is 12.1 Å². The number of nitrogens with one attached hydrogen (secondary N) is 1. The van der Waals surface area contributed by atoms with Crippen molar-refractivity contribution < 1.29 is 9.47 Å². The van der Waals surface area contributed by atoms with Gasteiger partial charge in [0.05, 0.1) is 14.2 Å². The summed E-state index contributed by atoms with van der Waals surface area (Å²) in [7, 11) is 3.27. The van der Waals surface area contributed by atoms with E-state index in [0.29, 0.717) is 13.1 Å². The molecule has 0 aliphatic heterocycles. The molecule has 0 aliphatic carbocycles. The molecule has 2 aromatic heterocycles. The van der Waals surface area contributed by atoms with Crippen molar-refractivity contribution in [3.63, 3.8) is 0 Å². The Hall–Kier alpha value is -2.86. The molecule has 0 aliphatic rings. The minimum Gasteiger partial charge on any atom is -0.493 e. The minimum absolute atomic E-state index is 0.692. The first-order chi connectivity index (χ1) is 11.8. The Morgan fingerprint density at radius 2 is 1.88 bits per heavy atom. The highest BCUT2D eigenvalue weighted by Gasteiger charge is 2.07. The summed E-state index contributed by atoms with van der Waals surface area (Å²) in [5, 5.41) is 7.68. The lowest BCUT2D eigenvalue weighted by atomic mass is 10.2. The average Bonchev–Trinajstić information content (AvgIpc) is 3.16. The van der Waals surface area contributed by atoms with E-state index in [4.69, 9.17) is 9.47 Å². The minimum atomic E-state index is 0.692. The van der Waals surface area contributed by atoms with Gasteiger partial charge in [0.1, 0.15) is 0 Å². The number of aromatic nitrogens is 3. The fourth-order valence-electron chi connectivity index (χ4n) is 2.50. The zero-order valence-corrected chi connectivity index (χ0v) is 13.8. The SMILES string of the molecule is COc1ccc(CNCc2cccnc2-n2cccn2)cc1OC. The largest absolute Gasteiger partial charge is 0.493 e. The van der Waals surface area contributed by atoms with Crippen LogP contribution in [-0.4, -0.2) is 29.0 Å². The molecule has 1 N–H and O–H groups in total. The van der Waals surface area contributed by atoms with Crippen molar-refractivity contribution in [3.8, 4) is 17.3 Å². The standard InChI is InChI=1S/C18H20N4O2/c1-23-16-7-6-14(11-17(16)24-2)12-19-13-15-5-3-8-20-18(15)22-10-4-9-21-22/h3-11,19H,12-13H2,1-2H3. The van der Waals surface area contributed by atoms with Gasteiger partial charge in [-0.3, -0.25) is 0 Å². The molecule has 0 atom stereocenters. The van der Waals surface area contributed by atoms with Gasteiger partial charge in [-0.05, 0) is 29.8 Å². The van der Waals surface area contributed by atoms with Gasteiger partial charge >= 0.3 is 0 Å². The van der Waals surface area contributed by atoms with E-state index in [1.165, 1.54) is 0 Å². The molecular weight excluding hydrogens is 304 g/mol. The summed E-state index contributed by atoms with van der Waals surface area (Å²) in [6, 6.07) is 11.8. The smallest absolute Gasteiger partial charge is 0.161 e. The van der Waals surface area contributed by atoms with Crippen LogP contribution in [0.2, 0.25) is 0 Å². The van der Waals surface area contributed by atoms with Crippen molar-refractivity contribution in [2.24, 2.45) is 0 Å². The van der Waals surface area contributed by atoms with Crippen LogP contribution >= 0.6 is 0 Å². The van der Waals surface area contributed by atoms with Gasteiger partial charge in [0, 0.05) is 37.2 Å². The van der Waals surface area contributed by atoms with Gasteiger partial charge in [-0.25, -0.2) is 9.67 Å². The Labute approximate surface area is 141 Å². The monoisotopic (exact) mass is 324 g/mol. The molecule has 6 nitrogen and oxygen atoms in total. The maximum Gasteiger partial charge on any atom is 0.161 e. The summed E-state index contributed by atoms with van der Waals surface area (Å²) in [6.07, 6.45) is 5.41. The molecule has 0 saturated carbocycles. The van der Waals surface area contributed by atoms with E-state index in [1.807, 2.05) is 42.6 Å². The molecular formula is C18H20N4O2. The van der Waals surface area contributed by atoms with Crippen LogP contribution in [0.5, 0.6) is 11.5 Å². The number of hydrogen-bond acceptors (Lipinski definition) is 5. The fourth-order valence-corrected chi connectivity index (χ4v) is 2.50. The molecule has 0 bridgehead atoms. The van der Waals surface area contributed by atoms with Gasteiger partial charge in [-0.15, -0.1) is 0 Å². The molecule has 0 unspecified atom stereocenters. The van der Waals surface area contributed by atoms with Crippen molar-refractivity contribution in [1.82, 2.24) is 20.1 Å². The summed E-state index contributed by atoms with van der Waals surface area (Å²) >= 11 is 0. The number of ether oxygens (including phenoxy) is 2. The molecule has 0 amide bonds. The predicted molar refractivity (Wildman–Crippen MR) is 91.4 cm³/mol. The summed E-state index contributed by atoms with van der Waals surface area (Å²) in [5.41, 5.74) is 2.21. The van der Waals surface area contributed by atoms with Crippen molar-refractivity contribution >= 4 is 0 Å². The summed E-state index contributed by atoms with van der Waals surface area (Å²) < 4.78 is 12.4. The third-order valence-electron chi connectivity index (χ3n) is 3.68. The van der Waals surface area contributed by atoms with Crippen LogP contribution in [0.1, 0.15) is 11.1 Å². The topological polar surface area (TPSA) is 61.2 Å². The number of pyridine rings is 1. The van der Waals surface area contributed by atoms with E-state index in [2.05, 4.69) is 15.4 Å². The first kappa shape index (κ1) is 16.0. The lowest BCUT2D eigenvalue weighted by Gasteiger charge is -2.12. The Morgan fingerprint density at radius 3 is 2.62 bits per heavy atom. The maximum atomic E-state index is 5.34. The van der Waals surface area contributed by atoms with Crippen LogP contribution in [0.15, 0.2) is 55.0 Å². The van der Waals surface area contributed by atoms with Crippen molar-refractivity contribution in [2.45, 2.75) is 13.1 Å². The van der Waals surface area contributed by atoms with Crippen LogP contribution < -0.4 is 14.8 Å². The molecule has 124 valence electrons. The molecule has 0 saturated heterocycles. The highest BCUT2D eigenvalue weighted by atomic mass is 16.5. The Morgan fingerprint density at radius 1 is 1.00 bits per heavy atom. The summed E-state index contributed by atoms with van der Waals surface area (Å²) in [5.74, 6) is 2.30. The molecule has 0 radical (unpaired) electrons. The number of nitrogens with zero attached hydrogens (tertiary/aromatic N) is 3. The van der Waals surface area contributed by atoms with Gasteiger partial charge < -0.3 is 14.8 Å². The van der Waals surface area contributed by atoms with E-state index in [0.717, 1.165) is 28.4 Å². The molecule has 0 spiro atoms. The molecule has 6 heteroatoms. The van der Waals surface area contributed by atoms with Crippen molar-refractivity contribution in [3.05, 3.63) is 66.1 Å². The fraction of sp³-hybridized carbons (Fsp3) is 0.222. The lowest BCUT2D eigenvalue weighted by molar-refractivity contribution is 0.354. The van der Waals surface area contributed by atoms with E-state index in [1.54, 1.807) is 31.3 Å². The molecule has 2 heterocycles. The van der Waals surface area contributed by atoms with Gasteiger partial charge in [0.2, 0.25) is 0 Å². The number of methoxy groups -OCH3 is 2. The molecule has 3 rings (SSSR count). The third-order valence-corrected chi connectivity index (χ3v) is 3.68. The average molecular weight is 324 g/mol. The third kappa shape index (κ3) is 3.55. The maximum absolute atomic E-state index is 5.34. The Bertz CT molecular complexity index is 787. The van der Waals surface area contributed by atoms with Crippen LogP contribution in [0.3, 0.4) is 0 Å². The van der Waals surface area contributed by atoms with E-state index in [9.17, 15) is 0 Å². The quantitative estimate of drug-likeness (QED) is 0.724. The number of rotatable bonds is 7. The second-order valence-electron chi connectivity index (χ2n) is 5.23. The van der Waals surface area contributed by atoms with Crippen LogP contribution in [0, 0.1) is 0 Å². The van der Waals surface area contributed by atoms with E-state index < -0.39 is 0 Å². The first-order valence-corrected chi connectivity index (χ1v) is 7.67. The Kier molecular flexibility index (Phi) is 5.08.